The molecule has 44 valence electrons. The molecule has 1 nitrogen and oxygen atoms in total. The molecule has 0 fully saturated rings. The van der Waals surface area contributed by atoms with Crippen LogP contribution in [0.5, 0.6) is 0 Å². The highest BCUT2D eigenvalue weighted by atomic mass is 79.9. The van der Waals surface area contributed by atoms with Crippen LogP contribution in [0.2, 0.25) is 0 Å². The van der Waals surface area contributed by atoms with E-state index in [0.29, 0.717) is 5.33 Å². The second kappa shape index (κ2) is 2.62. The largest absolute Gasteiger partial charge is 0.328 e. The molecule has 1 atom stereocenters. The number of alkyl halides is 2. The van der Waals surface area contributed by atoms with E-state index in [1.807, 2.05) is 0 Å². The Morgan fingerprint density at radius 2 is 2.29 bits per heavy atom. The summed E-state index contributed by atoms with van der Waals surface area (Å²) >= 11 is 2.98. The van der Waals surface area contributed by atoms with Crippen molar-refractivity contribution in [2.24, 2.45) is 5.73 Å². The highest BCUT2D eigenvalue weighted by molar-refractivity contribution is 9.09. The lowest BCUT2D eigenvalue weighted by atomic mass is 10.2. The molecule has 0 aromatic heterocycles. The molecule has 0 heterocycles. The second-order valence-electron chi connectivity index (χ2n) is 1.75. The van der Waals surface area contributed by atoms with Gasteiger partial charge in [0.2, 0.25) is 0 Å². The van der Waals surface area contributed by atoms with E-state index in [2.05, 4.69) is 15.9 Å². The molecule has 2 N–H and O–H groups in total. The fourth-order valence-electron chi connectivity index (χ4n) is 0.0546. The Kier molecular flexibility index (Phi) is 2.76. The fraction of sp³-hybridized carbons (Fsp3) is 1.00. The molecule has 0 bridgehead atoms. The van der Waals surface area contributed by atoms with Crippen molar-refractivity contribution in [3.05, 3.63) is 0 Å². The van der Waals surface area contributed by atoms with Gasteiger partial charge in [0.1, 0.15) is 5.67 Å². The van der Waals surface area contributed by atoms with Crippen molar-refractivity contribution in [2.75, 3.05) is 11.9 Å². The van der Waals surface area contributed by atoms with Gasteiger partial charge in [-0.3, -0.25) is 0 Å². The summed E-state index contributed by atoms with van der Waals surface area (Å²) in [6.07, 6.45) is 0. The number of rotatable bonds is 2. The monoisotopic (exact) mass is 169 g/mol. The van der Waals surface area contributed by atoms with Crippen molar-refractivity contribution in [3.63, 3.8) is 0 Å². The lowest BCUT2D eigenvalue weighted by Crippen LogP contribution is -2.30. The van der Waals surface area contributed by atoms with Gasteiger partial charge in [-0.05, 0) is 6.92 Å². The van der Waals surface area contributed by atoms with Crippen molar-refractivity contribution in [2.45, 2.75) is 12.6 Å². The summed E-state index contributed by atoms with van der Waals surface area (Å²) < 4.78 is 12.4. The first-order chi connectivity index (χ1) is 3.12. The van der Waals surface area contributed by atoms with Gasteiger partial charge in [0.25, 0.3) is 0 Å². The van der Waals surface area contributed by atoms with E-state index in [1.54, 1.807) is 0 Å². The molecule has 0 aromatic rings. The Morgan fingerprint density at radius 1 is 1.86 bits per heavy atom. The third kappa shape index (κ3) is 3.00. The summed E-state index contributed by atoms with van der Waals surface area (Å²) in [5.41, 5.74) is 3.79. The Morgan fingerprint density at radius 3 is 2.29 bits per heavy atom. The van der Waals surface area contributed by atoms with Crippen LogP contribution in [0.1, 0.15) is 6.92 Å². The van der Waals surface area contributed by atoms with Crippen molar-refractivity contribution in [3.8, 4) is 0 Å². The molecule has 3 heteroatoms. The van der Waals surface area contributed by atoms with Crippen LogP contribution < -0.4 is 5.73 Å². The van der Waals surface area contributed by atoms with E-state index in [9.17, 15) is 4.39 Å². The number of hydrogen-bond donors (Lipinski definition) is 1. The first kappa shape index (κ1) is 7.37. The average molecular weight is 170 g/mol. The molecule has 7 heavy (non-hydrogen) atoms. The zero-order chi connectivity index (χ0) is 5.91. The normalized spacial score (nSPS) is 18.9. The van der Waals surface area contributed by atoms with E-state index in [4.69, 9.17) is 5.73 Å². The van der Waals surface area contributed by atoms with Gasteiger partial charge in [0.15, 0.2) is 0 Å². The van der Waals surface area contributed by atoms with Crippen LogP contribution in [0.4, 0.5) is 4.39 Å². The zero-order valence-corrected chi connectivity index (χ0v) is 5.83. The number of hydrogen-bond acceptors (Lipinski definition) is 1. The summed E-state index contributed by atoms with van der Waals surface area (Å²) in [6, 6.07) is 0. The highest BCUT2D eigenvalue weighted by Gasteiger charge is 2.17. The van der Waals surface area contributed by atoms with E-state index in [0.717, 1.165) is 0 Å². The number of halogens is 2. The maximum Gasteiger partial charge on any atom is 0.130 e. The van der Waals surface area contributed by atoms with Crippen molar-refractivity contribution >= 4 is 15.9 Å². The van der Waals surface area contributed by atoms with Crippen LogP contribution in [0.25, 0.3) is 0 Å². The van der Waals surface area contributed by atoms with Gasteiger partial charge in [0.05, 0.1) is 0 Å². The molecular weight excluding hydrogens is 161 g/mol. The lowest BCUT2D eigenvalue weighted by molar-refractivity contribution is 0.236. The van der Waals surface area contributed by atoms with Crippen molar-refractivity contribution in [1.29, 1.82) is 0 Å². The predicted octanol–water partition coefficient (Wildman–Crippen LogP) is 1.07. The van der Waals surface area contributed by atoms with Gasteiger partial charge in [0, 0.05) is 11.9 Å². The van der Waals surface area contributed by atoms with E-state index < -0.39 is 5.67 Å². The SMILES string of the molecule is CC(F)(CN)CBr. The quantitative estimate of drug-likeness (QED) is 0.616. The minimum atomic E-state index is -1.22. The molecule has 0 saturated carbocycles. The maximum absolute atomic E-state index is 12.4. The molecule has 0 aromatic carbocycles. The Labute approximate surface area is 51.2 Å². The summed E-state index contributed by atoms with van der Waals surface area (Å²) in [5, 5.41) is 0.316. The molecule has 0 radical (unpaired) electrons. The first-order valence-electron chi connectivity index (χ1n) is 2.07. The Hall–Kier alpha value is 0.370. The first-order valence-corrected chi connectivity index (χ1v) is 3.19. The molecule has 0 aliphatic carbocycles. The summed E-state index contributed by atoms with van der Waals surface area (Å²) in [5.74, 6) is 0. The van der Waals surface area contributed by atoms with E-state index >= 15 is 0 Å². The third-order valence-electron chi connectivity index (χ3n) is 0.704. The van der Waals surface area contributed by atoms with Crippen molar-refractivity contribution < 1.29 is 4.39 Å². The summed E-state index contributed by atoms with van der Waals surface area (Å²) in [4.78, 5) is 0. The van der Waals surface area contributed by atoms with Crippen LogP contribution in [0.3, 0.4) is 0 Å². The van der Waals surface area contributed by atoms with Crippen molar-refractivity contribution in [1.82, 2.24) is 0 Å². The highest BCUT2D eigenvalue weighted by Crippen LogP contribution is 2.09. The maximum atomic E-state index is 12.4. The minimum absolute atomic E-state index is 0.0816. The van der Waals surface area contributed by atoms with Gasteiger partial charge in [-0.15, -0.1) is 0 Å². The van der Waals surface area contributed by atoms with Crippen LogP contribution >= 0.6 is 15.9 Å². The molecule has 0 aliphatic rings. The smallest absolute Gasteiger partial charge is 0.130 e. The van der Waals surface area contributed by atoms with Gasteiger partial charge in [-0.1, -0.05) is 15.9 Å². The van der Waals surface area contributed by atoms with Gasteiger partial charge in [-0.2, -0.15) is 0 Å². The summed E-state index contributed by atoms with van der Waals surface area (Å²) in [7, 11) is 0. The minimum Gasteiger partial charge on any atom is -0.328 e. The van der Waals surface area contributed by atoms with Crippen LogP contribution in [0, 0.1) is 0 Å². The Balaban J connectivity index is 3.36. The van der Waals surface area contributed by atoms with Crippen LogP contribution in [-0.2, 0) is 0 Å². The molecule has 1 unspecified atom stereocenters. The Bertz CT molecular complexity index is 49.7. The van der Waals surface area contributed by atoms with Gasteiger partial charge in [-0.25, -0.2) is 4.39 Å². The average Bonchev–Trinajstić information content (AvgIpc) is 1.68. The molecule has 0 spiro atoms. The third-order valence-corrected chi connectivity index (χ3v) is 1.87. The summed E-state index contributed by atoms with van der Waals surface area (Å²) in [6.45, 7) is 1.54. The lowest BCUT2D eigenvalue weighted by Gasteiger charge is -2.11. The topological polar surface area (TPSA) is 26.0 Å². The fourth-order valence-corrected chi connectivity index (χ4v) is 0.283. The van der Waals surface area contributed by atoms with E-state index in [-0.39, 0.29) is 6.54 Å². The standard InChI is InChI=1S/C4H9BrFN/c1-4(6,2-5)3-7/h2-3,7H2,1H3. The number of nitrogens with two attached hydrogens (primary N) is 1. The van der Waals surface area contributed by atoms with Gasteiger partial charge >= 0.3 is 0 Å². The van der Waals surface area contributed by atoms with E-state index in [1.165, 1.54) is 6.92 Å². The van der Waals surface area contributed by atoms with Gasteiger partial charge < -0.3 is 5.73 Å². The molecule has 0 amide bonds. The molecular formula is C4H9BrFN. The predicted molar refractivity (Wildman–Crippen MR) is 32.4 cm³/mol. The zero-order valence-electron chi connectivity index (χ0n) is 4.25. The van der Waals surface area contributed by atoms with Crippen LogP contribution in [-0.4, -0.2) is 17.5 Å². The molecule has 0 aliphatic heterocycles. The van der Waals surface area contributed by atoms with Crippen LogP contribution in [0.15, 0.2) is 0 Å². The molecule has 0 rings (SSSR count). The second-order valence-corrected chi connectivity index (χ2v) is 2.31. The molecule has 0 saturated heterocycles.